The van der Waals surface area contributed by atoms with Crippen molar-refractivity contribution in [1.82, 2.24) is 9.55 Å². The molecule has 1 heterocycles. The summed E-state index contributed by atoms with van der Waals surface area (Å²) >= 11 is 0. The molecule has 0 fully saturated rings. The molecule has 0 saturated heterocycles. The molecule has 0 saturated carbocycles. The number of anilines is 2. The Bertz CT molecular complexity index is 1330. The molecule has 0 aliphatic carbocycles. The second-order valence-electron chi connectivity index (χ2n) is 7.48. The van der Waals surface area contributed by atoms with E-state index in [2.05, 4.69) is 4.98 Å². The van der Waals surface area contributed by atoms with Crippen LogP contribution in [-0.4, -0.2) is 27.5 Å². The molecule has 11 heteroatoms. The highest BCUT2D eigenvalue weighted by Gasteiger charge is 2.30. The van der Waals surface area contributed by atoms with Gasteiger partial charge in [0.05, 0.1) is 18.6 Å². The Morgan fingerprint density at radius 1 is 1.18 bits per heavy atom. The summed E-state index contributed by atoms with van der Waals surface area (Å²) < 4.78 is 6.55. The Labute approximate surface area is 194 Å². The first-order valence-electron chi connectivity index (χ1n) is 10.6. The lowest BCUT2D eigenvalue weighted by Gasteiger charge is -2.25. The largest absolute Gasteiger partial charge is 0.496 e. The van der Waals surface area contributed by atoms with Crippen LogP contribution in [0.2, 0.25) is 0 Å². The summed E-state index contributed by atoms with van der Waals surface area (Å²) in [6, 6.07) is 12.2. The number of nitrogens with one attached hydrogen (secondary N) is 1. The number of nitrogens with two attached hydrogens (primary N) is 1. The number of hydrogen-bond donors (Lipinski definition) is 2. The monoisotopic (exact) mass is 467 g/mol. The second kappa shape index (κ2) is 10.5. The van der Waals surface area contributed by atoms with E-state index in [4.69, 9.17) is 10.5 Å². The highest BCUT2D eigenvalue weighted by molar-refractivity contribution is 6.09. The maximum Gasteiger partial charge on any atom is 0.330 e. The van der Waals surface area contributed by atoms with Gasteiger partial charge in [0.25, 0.3) is 17.2 Å². The molecular formula is C23H25N5O6. The number of aromatic nitrogens is 2. The zero-order chi connectivity index (χ0) is 24.8. The van der Waals surface area contributed by atoms with Crippen LogP contribution >= 0.6 is 0 Å². The van der Waals surface area contributed by atoms with Crippen LogP contribution in [0.15, 0.2) is 58.1 Å². The van der Waals surface area contributed by atoms with Gasteiger partial charge in [0, 0.05) is 18.2 Å². The van der Waals surface area contributed by atoms with Crippen LogP contribution in [0.1, 0.15) is 35.7 Å². The van der Waals surface area contributed by atoms with Gasteiger partial charge < -0.3 is 10.5 Å². The van der Waals surface area contributed by atoms with Gasteiger partial charge in [-0.15, -0.1) is 0 Å². The molecule has 0 unspecified atom stereocenters. The number of carbonyl (C=O) groups is 1. The van der Waals surface area contributed by atoms with E-state index in [0.717, 1.165) is 11.3 Å². The lowest BCUT2D eigenvalue weighted by molar-refractivity contribution is -0.385. The fraction of sp³-hybridized carbons (Fsp3) is 0.261. The lowest BCUT2D eigenvalue weighted by Crippen LogP contribution is -2.41. The van der Waals surface area contributed by atoms with Gasteiger partial charge in [-0.05, 0) is 18.6 Å². The van der Waals surface area contributed by atoms with E-state index in [-0.39, 0.29) is 30.2 Å². The van der Waals surface area contributed by atoms with Crippen molar-refractivity contribution >= 4 is 23.1 Å². The first kappa shape index (κ1) is 24.2. The van der Waals surface area contributed by atoms with E-state index < -0.39 is 27.8 Å². The molecule has 0 radical (unpaired) electrons. The zero-order valence-corrected chi connectivity index (χ0v) is 18.8. The number of carbonyl (C=O) groups excluding carboxylic acids is 1. The first-order valence-corrected chi connectivity index (χ1v) is 10.6. The summed E-state index contributed by atoms with van der Waals surface area (Å²) in [5.74, 6) is -0.586. The van der Waals surface area contributed by atoms with Gasteiger partial charge in [0.2, 0.25) is 0 Å². The van der Waals surface area contributed by atoms with Crippen LogP contribution in [0, 0.1) is 10.1 Å². The average Bonchev–Trinajstić information content (AvgIpc) is 2.83. The van der Waals surface area contributed by atoms with E-state index in [0.29, 0.717) is 17.7 Å². The van der Waals surface area contributed by atoms with Crippen LogP contribution in [0.25, 0.3) is 0 Å². The number of methoxy groups -OCH3 is 1. The lowest BCUT2D eigenvalue weighted by atomic mass is 10.1. The van der Waals surface area contributed by atoms with Crippen LogP contribution < -0.4 is 26.6 Å². The molecule has 3 rings (SSSR count). The van der Waals surface area contributed by atoms with Crippen LogP contribution in [0.5, 0.6) is 5.75 Å². The molecular weight excluding hydrogens is 442 g/mol. The quantitative estimate of drug-likeness (QED) is 0.362. The summed E-state index contributed by atoms with van der Waals surface area (Å²) in [4.78, 5) is 53.1. The number of unbranched alkanes of at least 4 members (excludes halogenated alkanes) is 1. The fourth-order valence-electron chi connectivity index (χ4n) is 3.59. The molecule has 1 amide bonds. The van der Waals surface area contributed by atoms with Crippen LogP contribution in [-0.2, 0) is 13.1 Å². The number of hydrogen-bond acceptors (Lipinski definition) is 7. The van der Waals surface area contributed by atoms with Crippen LogP contribution in [0.4, 0.5) is 17.2 Å². The molecule has 3 aromatic rings. The van der Waals surface area contributed by atoms with E-state index in [1.807, 2.05) is 6.92 Å². The third-order valence-electron chi connectivity index (χ3n) is 5.32. The molecule has 2 aromatic carbocycles. The maximum atomic E-state index is 13.7. The van der Waals surface area contributed by atoms with Crippen molar-refractivity contribution < 1.29 is 14.5 Å². The Morgan fingerprint density at radius 2 is 1.85 bits per heavy atom. The van der Waals surface area contributed by atoms with Crippen molar-refractivity contribution in [2.75, 3.05) is 17.7 Å². The van der Waals surface area contributed by atoms with Gasteiger partial charge in [0.1, 0.15) is 17.1 Å². The molecule has 0 atom stereocenters. The standard InChI is InChI=1S/C23H25N5O6/c1-3-4-13-26-20(24)19(21(29)25-23(26)31)27(14-15-9-5-8-12-18(15)34-2)22(30)16-10-6-7-11-17(16)28(32)33/h5-12H,3-4,13-14,24H2,1-2H3,(H,25,29,31). The third kappa shape index (κ3) is 4.82. The second-order valence-corrected chi connectivity index (χ2v) is 7.48. The molecule has 0 spiro atoms. The average molecular weight is 467 g/mol. The number of nitro groups is 1. The Balaban J connectivity index is 2.25. The van der Waals surface area contributed by atoms with Gasteiger partial charge in [0.15, 0.2) is 5.69 Å². The molecule has 3 N–H and O–H groups in total. The molecule has 0 aliphatic rings. The van der Waals surface area contributed by atoms with Crippen molar-refractivity contribution in [3.63, 3.8) is 0 Å². The Morgan fingerprint density at radius 3 is 2.53 bits per heavy atom. The van der Waals surface area contributed by atoms with Gasteiger partial charge in [-0.3, -0.25) is 34.2 Å². The van der Waals surface area contributed by atoms with Crippen molar-refractivity contribution in [3.8, 4) is 5.75 Å². The molecule has 34 heavy (non-hydrogen) atoms. The topological polar surface area (TPSA) is 154 Å². The normalized spacial score (nSPS) is 10.6. The van der Waals surface area contributed by atoms with E-state index in [9.17, 15) is 24.5 Å². The predicted molar refractivity (Wildman–Crippen MR) is 127 cm³/mol. The number of aromatic amines is 1. The van der Waals surface area contributed by atoms with Crippen LogP contribution in [0.3, 0.4) is 0 Å². The molecule has 0 bridgehead atoms. The van der Waals surface area contributed by atoms with Gasteiger partial charge in [-0.25, -0.2) is 4.79 Å². The number of benzene rings is 2. The zero-order valence-electron chi connectivity index (χ0n) is 18.8. The number of para-hydroxylation sites is 2. The summed E-state index contributed by atoms with van der Waals surface area (Å²) in [5.41, 5.74) is 4.27. The number of nitrogens with zero attached hydrogens (tertiary/aromatic N) is 3. The molecule has 178 valence electrons. The number of rotatable bonds is 9. The van der Waals surface area contributed by atoms with E-state index >= 15 is 0 Å². The molecule has 11 nitrogen and oxygen atoms in total. The number of nitro benzene ring substituents is 1. The highest BCUT2D eigenvalue weighted by atomic mass is 16.6. The van der Waals surface area contributed by atoms with Crippen molar-refractivity contribution in [2.24, 2.45) is 0 Å². The Kier molecular flexibility index (Phi) is 7.46. The summed E-state index contributed by atoms with van der Waals surface area (Å²) in [5, 5.41) is 11.6. The third-order valence-corrected chi connectivity index (χ3v) is 5.32. The number of H-pyrrole nitrogens is 1. The van der Waals surface area contributed by atoms with Crippen molar-refractivity contribution in [1.29, 1.82) is 0 Å². The molecule has 1 aromatic heterocycles. The van der Waals surface area contributed by atoms with Crippen molar-refractivity contribution in [3.05, 3.63) is 90.6 Å². The number of nitrogen functional groups attached to an aromatic ring is 1. The number of amides is 1. The predicted octanol–water partition coefficient (Wildman–Crippen LogP) is 2.68. The van der Waals surface area contributed by atoms with Gasteiger partial charge >= 0.3 is 5.69 Å². The van der Waals surface area contributed by atoms with E-state index in [1.165, 1.54) is 35.9 Å². The smallest absolute Gasteiger partial charge is 0.330 e. The summed E-state index contributed by atoms with van der Waals surface area (Å²) in [7, 11) is 1.46. The maximum absolute atomic E-state index is 13.7. The SMILES string of the molecule is CCCCn1c(N)c(N(Cc2ccccc2OC)C(=O)c2ccccc2[N+](=O)[O-])c(=O)[nH]c1=O. The number of ether oxygens (including phenoxy) is 1. The first-order chi connectivity index (χ1) is 16.3. The highest BCUT2D eigenvalue weighted by Crippen LogP contribution is 2.28. The van der Waals surface area contributed by atoms with Gasteiger partial charge in [-0.2, -0.15) is 0 Å². The Hall–Kier alpha value is -4.41. The van der Waals surface area contributed by atoms with Crippen molar-refractivity contribution in [2.45, 2.75) is 32.9 Å². The summed E-state index contributed by atoms with van der Waals surface area (Å²) in [6.45, 7) is 1.97. The summed E-state index contributed by atoms with van der Waals surface area (Å²) in [6.07, 6.45) is 1.38. The van der Waals surface area contributed by atoms with E-state index in [1.54, 1.807) is 24.3 Å². The minimum Gasteiger partial charge on any atom is -0.496 e. The minimum atomic E-state index is -0.878. The molecule has 0 aliphatic heterocycles. The van der Waals surface area contributed by atoms with Gasteiger partial charge in [-0.1, -0.05) is 43.7 Å². The fourth-order valence-corrected chi connectivity index (χ4v) is 3.59. The minimum absolute atomic E-state index is 0.186.